The first-order valence-corrected chi connectivity index (χ1v) is 9.13. The van der Waals surface area contributed by atoms with E-state index in [1.54, 1.807) is 31.4 Å². The van der Waals surface area contributed by atoms with Gasteiger partial charge in [0.25, 0.3) is 5.91 Å². The molecule has 1 aliphatic heterocycles. The van der Waals surface area contributed by atoms with Crippen LogP contribution in [0, 0.1) is 5.82 Å². The minimum absolute atomic E-state index is 0.148. The quantitative estimate of drug-likeness (QED) is 0.814. The number of benzene rings is 2. The largest absolute Gasteiger partial charge is 0.454 e. The molecule has 5 nitrogen and oxygen atoms in total. The van der Waals surface area contributed by atoms with Crippen LogP contribution in [0.5, 0.6) is 11.5 Å². The van der Waals surface area contributed by atoms with Crippen molar-refractivity contribution in [1.82, 2.24) is 10.6 Å². The molecule has 144 valence electrons. The van der Waals surface area contributed by atoms with Gasteiger partial charge < -0.3 is 20.1 Å². The maximum Gasteiger partial charge on any atom is 0.252 e. The smallest absolute Gasteiger partial charge is 0.252 e. The summed E-state index contributed by atoms with van der Waals surface area (Å²) in [6.07, 6.45) is 1.22. The van der Waals surface area contributed by atoms with Crippen LogP contribution in [0.25, 0.3) is 0 Å². The molecule has 27 heavy (non-hydrogen) atoms. The number of piperidine rings is 1. The summed E-state index contributed by atoms with van der Waals surface area (Å²) in [4.78, 5) is 12.7. The van der Waals surface area contributed by atoms with E-state index in [9.17, 15) is 9.18 Å². The minimum Gasteiger partial charge on any atom is -0.454 e. The molecule has 1 aliphatic rings. The van der Waals surface area contributed by atoms with Gasteiger partial charge in [0.15, 0.2) is 11.6 Å². The third kappa shape index (κ3) is 4.46. The molecule has 3 rings (SSSR count). The Labute approximate surface area is 158 Å². The number of ether oxygens (including phenoxy) is 2. The lowest BCUT2D eigenvalue weighted by molar-refractivity contribution is -0.147. The van der Waals surface area contributed by atoms with Gasteiger partial charge in [-0.3, -0.25) is 4.79 Å². The predicted octanol–water partition coefficient (Wildman–Crippen LogP) is 3.56. The van der Waals surface area contributed by atoms with Gasteiger partial charge in [-0.05, 0) is 62.7 Å². The highest BCUT2D eigenvalue weighted by molar-refractivity contribution is 5.85. The van der Waals surface area contributed by atoms with Gasteiger partial charge >= 0.3 is 0 Å². The molecule has 0 aliphatic carbocycles. The Hall–Kier alpha value is -2.44. The van der Waals surface area contributed by atoms with E-state index in [4.69, 9.17) is 9.47 Å². The Morgan fingerprint density at radius 2 is 1.89 bits per heavy atom. The molecule has 2 aromatic carbocycles. The summed E-state index contributed by atoms with van der Waals surface area (Å²) >= 11 is 0. The van der Waals surface area contributed by atoms with Crippen LogP contribution in [0.2, 0.25) is 0 Å². The Bertz CT molecular complexity index is 776. The number of hydrogen-bond donors (Lipinski definition) is 2. The molecule has 0 bridgehead atoms. The van der Waals surface area contributed by atoms with Crippen molar-refractivity contribution in [3.05, 3.63) is 59.9 Å². The topological polar surface area (TPSA) is 59.6 Å². The summed E-state index contributed by atoms with van der Waals surface area (Å²) in [6, 6.07) is 13.4. The third-order valence-corrected chi connectivity index (χ3v) is 4.99. The zero-order valence-corrected chi connectivity index (χ0v) is 15.6. The molecule has 1 saturated heterocycles. The van der Waals surface area contributed by atoms with Crippen molar-refractivity contribution in [2.24, 2.45) is 0 Å². The van der Waals surface area contributed by atoms with E-state index < -0.39 is 11.4 Å². The average Bonchev–Trinajstić information content (AvgIpc) is 2.70. The molecule has 6 heteroatoms. The number of nitrogens with one attached hydrogen (secondary N) is 2. The van der Waals surface area contributed by atoms with Crippen LogP contribution in [-0.4, -0.2) is 31.7 Å². The molecule has 1 heterocycles. The second kappa shape index (κ2) is 8.50. The van der Waals surface area contributed by atoms with E-state index in [1.807, 2.05) is 25.1 Å². The predicted molar refractivity (Wildman–Crippen MR) is 101 cm³/mol. The zero-order valence-electron chi connectivity index (χ0n) is 15.6. The maximum absolute atomic E-state index is 14.5. The van der Waals surface area contributed by atoms with E-state index in [-0.39, 0.29) is 17.7 Å². The maximum atomic E-state index is 14.5. The molecule has 1 atom stereocenters. The first-order chi connectivity index (χ1) is 13.0. The van der Waals surface area contributed by atoms with Crippen molar-refractivity contribution in [2.45, 2.75) is 31.4 Å². The van der Waals surface area contributed by atoms with Gasteiger partial charge in [0.2, 0.25) is 0 Å². The summed E-state index contributed by atoms with van der Waals surface area (Å²) < 4.78 is 25.6. The molecule has 0 radical (unpaired) electrons. The van der Waals surface area contributed by atoms with Gasteiger partial charge in [-0.25, -0.2) is 4.39 Å². The van der Waals surface area contributed by atoms with Crippen LogP contribution in [0.1, 0.15) is 31.4 Å². The summed E-state index contributed by atoms with van der Waals surface area (Å²) in [7, 11) is 1.56. The SMILES string of the molecule is COC1(C(=O)NC(C)c2ccc(Oc3ccccc3)c(F)c2)CCNCC1. The third-order valence-electron chi connectivity index (χ3n) is 4.99. The van der Waals surface area contributed by atoms with Gasteiger partial charge in [-0.2, -0.15) is 0 Å². The molecular weight excluding hydrogens is 347 g/mol. The summed E-state index contributed by atoms with van der Waals surface area (Å²) in [5, 5.41) is 6.18. The Kier molecular flexibility index (Phi) is 6.08. The molecule has 1 unspecified atom stereocenters. The summed E-state index contributed by atoms with van der Waals surface area (Å²) in [5.41, 5.74) is -0.157. The van der Waals surface area contributed by atoms with Crippen molar-refractivity contribution in [1.29, 1.82) is 0 Å². The van der Waals surface area contributed by atoms with Crippen LogP contribution in [0.15, 0.2) is 48.5 Å². The number of methoxy groups -OCH3 is 1. The Morgan fingerprint density at radius 3 is 2.52 bits per heavy atom. The van der Waals surface area contributed by atoms with Crippen molar-refractivity contribution < 1.29 is 18.7 Å². The van der Waals surface area contributed by atoms with Crippen molar-refractivity contribution in [3.8, 4) is 11.5 Å². The fourth-order valence-electron chi connectivity index (χ4n) is 3.25. The number of amides is 1. The highest BCUT2D eigenvalue weighted by Crippen LogP contribution is 2.28. The van der Waals surface area contributed by atoms with E-state index >= 15 is 0 Å². The standard InChI is InChI=1S/C21H25FN2O3/c1-15(24-20(25)21(26-2)10-12-23-13-11-21)16-8-9-19(18(22)14-16)27-17-6-4-3-5-7-17/h3-9,14-15,23H,10-13H2,1-2H3,(H,24,25). The second-order valence-electron chi connectivity index (χ2n) is 6.75. The van der Waals surface area contributed by atoms with Crippen LogP contribution in [0.4, 0.5) is 4.39 Å². The summed E-state index contributed by atoms with van der Waals surface area (Å²) in [5.74, 6) is 0.0819. The van der Waals surface area contributed by atoms with E-state index in [2.05, 4.69) is 10.6 Å². The number of carbonyl (C=O) groups is 1. The molecule has 0 aromatic heterocycles. The molecule has 2 aromatic rings. The normalized spacial score (nSPS) is 17.1. The van der Waals surface area contributed by atoms with Crippen molar-refractivity contribution in [2.75, 3.05) is 20.2 Å². The van der Waals surface area contributed by atoms with Crippen LogP contribution in [0.3, 0.4) is 0 Å². The highest BCUT2D eigenvalue weighted by atomic mass is 19.1. The van der Waals surface area contributed by atoms with E-state index in [0.717, 1.165) is 13.1 Å². The van der Waals surface area contributed by atoms with Crippen LogP contribution < -0.4 is 15.4 Å². The Morgan fingerprint density at radius 1 is 1.19 bits per heavy atom. The van der Waals surface area contributed by atoms with Gasteiger partial charge in [0.1, 0.15) is 11.4 Å². The number of halogens is 1. The monoisotopic (exact) mass is 372 g/mol. The van der Waals surface area contributed by atoms with Gasteiger partial charge in [0.05, 0.1) is 6.04 Å². The lowest BCUT2D eigenvalue weighted by Crippen LogP contribution is -2.54. The number of carbonyl (C=O) groups excluding carboxylic acids is 1. The van der Waals surface area contributed by atoms with E-state index in [0.29, 0.717) is 24.2 Å². The molecule has 1 fully saturated rings. The lowest BCUT2D eigenvalue weighted by Gasteiger charge is -2.35. The first-order valence-electron chi connectivity index (χ1n) is 9.13. The summed E-state index contributed by atoms with van der Waals surface area (Å²) in [6.45, 7) is 3.29. The molecular formula is C21H25FN2O3. The van der Waals surface area contributed by atoms with Gasteiger partial charge in [-0.15, -0.1) is 0 Å². The van der Waals surface area contributed by atoms with Gasteiger partial charge in [-0.1, -0.05) is 24.3 Å². The Balaban J connectivity index is 1.68. The zero-order chi connectivity index (χ0) is 19.3. The first kappa shape index (κ1) is 19.3. The molecule has 2 N–H and O–H groups in total. The van der Waals surface area contributed by atoms with Gasteiger partial charge in [0, 0.05) is 7.11 Å². The number of rotatable bonds is 6. The molecule has 0 spiro atoms. The number of para-hydroxylation sites is 1. The highest BCUT2D eigenvalue weighted by Gasteiger charge is 2.40. The van der Waals surface area contributed by atoms with Crippen LogP contribution >= 0.6 is 0 Å². The minimum atomic E-state index is -0.825. The fraction of sp³-hybridized carbons (Fsp3) is 0.381. The lowest BCUT2D eigenvalue weighted by atomic mass is 9.90. The second-order valence-corrected chi connectivity index (χ2v) is 6.75. The molecule has 0 saturated carbocycles. The van der Waals surface area contributed by atoms with E-state index in [1.165, 1.54) is 6.07 Å². The number of hydrogen-bond acceptors (Lipinski definition) is 4. The fourth-order valence-corrected chi connectivity index (χ4v) is 3.25. The van der Waals surface area contributed by atoms with Crippen LogP contribution in [-0.2, 0) is 9.53 Å². The average molecular weight is 372 g/mol. The van der Waals surface area contributed by atoms with Crippen molar-refractivity contribution in [3.63, 3.8) is 0 Å². The molecule has 1 amide bonds. The van der Waals surface area contributed by atoms with Crippen molar-refractivity contribution >= 4 is 5.91 Å².